The van der Waals surface area contributed by atoms with Gasteiger partial charge >= 0.3 is 0 Å². The Morgan fingerprint density at radius 2 is 2.26 bits per heavy atom. The number of anilines is 1. The highest BCUT2D eigenvalue weighted by Crippen LogP contribution is 2.20. The molecule has 0 radical (unpaired) electrons. The van der Waals surface area contributed by atoms with Gasteiger partial charge in [-0.05, 0) is 24.1 Å². The van der Waals surface area contributed by atoms with Crippen LogP contribution in [0.2, 0.25) is 0 Å². The Bertz CT molecular complexity index is 586. The van der Waals surface area contributed by atoms with Gasteiger partial charge in [-0.25, -0.2) is 9.97 Å². The molecule has 0 aliphatic carbocycles. The average Bonchev–Trinajstić information content (AvgIpc) is 2.43. The van der Waals surface area contributed by atoms with Crippen LogP contribution in [-0.2, 0) is 4.74 Å². The first-order valence-electron chi connectivity index (χ1n) is 5.91. The molecule has 0 saturated carbocycles. The third kappa shape index (κ3) is 3.17. The zero-order chi connectivity index (χ0) is 13.7. The van der Waals surface area contributed by atoms with Gasteiger partial charge in [-0.3, -0.25) is 0 Å². The first-order chi connectivity index (χ1) is 9.22. The van der Waals surface area contributed by atoms with E-state index >= 15 is 0 Å². The van der Waals surface area contributed by atoms with E-state index in [1.165, 1.54) is 18.5 Å². The highest BCUT2D eigenvalue weighted by molar-refractivity contribution is 5.95. The summed E-state index contributed by atoms with van der Waals surface area (Å²) in [5.41, 5.74) is 0.683. The zero-order valence-corrected chi connectivity index (χ0v) is 10.5. The number of rotatable bonds is 6. The van der Waals surface area contributed by atoms with E-state index in [1.807, 2.05) is 0 Å². The number of nitrogens with zero attached hydrogens (tertiary/aromatic N) is 2. The van der Waals surface area contributed by atoms with E-state index < -0.39 is 5.97 Å². The van der Waals surface area contributed by atoms with Gasteiger partial charge in [0, 0.05) is 25.6 Å². The molecule has 6 nitrogen and oxygen atoms in total. The summed E-state index contributed by atoms with van der Waals surface area (Å²) in [4.78, 5) is 19.0. The van der Waals surface area contributed by atoms with Crippen molar-refractivity contribution in [2.24, 2.45) is 0 Å². The van der Waals surface area contributed by atoms with Crippen molar-refractivity contribution < 1.29 is 14.6 Å². The van der Waals surface area contributed by atoms with Crippen molar-refractivity contribution in [3.8, 4) is 0 Å². The minimum atomic E-state index is -1.21. The van der Waals surface area contributed by atoms with E-state index in [0.29, 0.717) is 17.9 Å². The molecule has 100 valence electrons. The minimum Gasteiger partial charge on any atom is -0.545 e. The monoisotopic (exact) mass is 260 g/mol. The summed E-state index contributed by atoms with van der Waals surface area (Å²) in [5, 5.41) is 14.7. The van der Waals surface area contributed by atoms with Gasteiger partial charge in [-0.1, -0.05) is 6.07 Å². The van der Waals surface area contributed by atoms with E-state index in [9.17, 15) is 9.90 Å². The minimum absolute atomic E-state index is 0.108. The number of methoxy groups -OCH3 is 1. The van der Waals surface area contributed by atoms with E-state index in [4.69, 9.17) is 4.74 Å². The molecule has 0 amide bonds. The SMILES string of the molecule is COCCCNc1ncnc2cc(C(=O)[O-])ccc12. The van der Waals surface area contributed by atoms with Crippen LogP contribution in [0.25, 0.3) is 10.9 Å². The van der Waals surface area contributed by atoms with Gasteiger partial charge in [0.2, 0.25) is 0 Å². The summed E-state index contributed by atoms with van der Waals surface area (Å²) >= 11 is 0. The molecule has 0 aliphatic heterocycles. The Morgan fingerprint density at radius 3 is 3.00 bits per heavy atom. The van der Waals surface area contributed by atoms with E-state index in [0.717, 1.165) is 18.4 Å². The molecule has 1 heterocycles. The fraction of sp³-hybridized carbons (Fsp3) is 0.308. The number of aromatic carboxylic acids is 1. The van der Waals surface area contributed by atoms with Crippen LogP contribution in [0.15, 0.2) is 24.5 Å². The number of carboxylic acids is 1. The Hall–Kier alpha value is -2.21. The number of benzene rings is 1. The lowest BCUT2D eigenvalue weighted by atomic mass is 10.1. The molecule has 0 atom stereocenters. The molecule has 2 rings (SSSR count). The second-order valence-corrected chi connectivity index (χ2v) is 4.01. The Balaban J connectivity index is 2.22. The molecule has 0 saturated heterocycles. The van der Waals surface area contributed by atoms with Crippen LogP contribution in [0, 0.1) is 0 Å². The third-order valence-corrected chi connectivity index (χ3v) is 2.69. The number of carbonyl (C=O) groups excluding carboxylic acids is 1. The molecule has 19 heavy (non-hydrogen) atoms. The number of hydrogen-bond donors (Lipinski definition) is 1. The molecule has 6 heteroatoms. The topological polar surface area (TPSA) is 87.2 Å². The van der Waals surface area contributed by atoms with Crippen molar-refractivity contribution in [2.45, 2.75) is 6.42 Å². The first kappa shape index (κ1) is 13.2. The molecule has 1 aromatic heterocycles. The molecule has 1 N–H and O–H groups in total. The van der Waals surface area contributed by atoms with Gasteiger partial charge in [0.15, 0.2) is 0 Å². The van der Waals surface area contributed by atoms with Crippen molar-refractivity contribution >= 4 is 22.7 Å². The number of aromatic nitrogens is 2. The van der Waals surface area contributed by atoms with Crippen LogP contribution in [0.1, 0.15) is 16.8 Å². The fourth-order valence-electron chi connectivity index (χ4n) is 1.75. The highest BCUT2D eigenvalue weighted by Gasteiger charge is 2.04. The Labute approximate surface area is 110 Å². The lowest BCUT2D eigenvalue weighted by Gasteiger charge is -2.09. The summed E-state index contributed by atoms with van der Waals surface area (Å²) in [7, 11) is 1.65. The molecule has 0 fully saturated rings. The van der Waals surface area contributed by atoms with E-state index in [1.54, 1.807) is 13.2 Å². The number of hydrogen-bond acceptors (Lipinski definition) is 6. The summed E-state index contributed by atoms with van der Waals surface area (Å²) in [5.74, 6) is -0.527. The molecule has 0 unspecified atom stereocenters. The molecule has 0 aliphatic rings. The van der Waals surface area contributed by atoms with Crippen LogP contribution in [0.5, 0.6) is 0 Å². The molecule has 0 spiro atoms. The van der Waals surface area contributed by atoms with Crippen LogP contribution in [0.3, 0.4) is 0 Å². The van der Waals surface area contributed by atoms with Crippen molar-refractivity contribution in [1.82, 2.24) is 9.97 Å². The number of carboxylic acid groups (broad SMARTS) is 1. The standard InChI is InChI=1S/C13H15N3O3/c1-19-6-2-5-14-12-10-4-3-9(13(17)18)7-11(10)15-8-16-12/h3-4,7-8H,2,5-6H2,1H3,(H,17,18)(H,14,15,16)/p-1. The zero-order valence-electron chi connectivity index (χ0n) is 10.5. The average molecular weight is 260 g/mol. The van der Waals surface area contributed by atoms with Gasteiger partial charge in [-0.2, -0.15) is 0 Å². The molecular formula is C13H14N3O3-. The maximum Gasteiger partial charge on any atom is 0.137 e. The quantitative estimate of drug-likeness (QED) is 0.758. The molecule has 1 aromatic carbocycles. The van der Waals surface area contributed by atoms with Gasteiger partial charge < -0.3 is 20.0 Å². The van der Waals surface area contributed by atoms with E-state index in [-0.39, 0.29) is 5.56 Å². The van der Waals surface area contributed by atoms with Crippen molar-refractivity contribution in [3.63, 3.8) is 0 Å². The summed E-state index contributed by atoms with van der Waals surface area (Å²) < 4.78 is 4.96. The lowest BCUT2D eigenvalue weighted by Crippen LogP contribution is -2.22. The number of nitrogens with one attached hydrogen (secondary N) is 1. The highest BCUT2D eigenvalue weighted by atomic mass is 16.5. The van der Waals surface area contributed by atoms with Crippen LogP contribution < -0.4 is 10.4 Å². The Kier molecular flexibility index (Phi) is 4.25. The number of carbonyl (C=O) groups is 1. The van der Waals surface area contributed by atoms with Gasteiger partial charge in [0.1, 0.15) is 12.1 Å². The maximum absolute atomic E-state index is 10.8. The smallest absolute Gasteiger partial charge is 0.137 e. The van der Waals surface area contributed by atoms with Gasteiger partial charge in [0.05, 0.1) is 11.5 Å². The normalized spacial score (nSPS) is 10.6. The number of ether oxygens (including phenoxy) is 1. The predicted octanol–water partition coefficient (Wildman–Crippen LogP) is 0.442. The van der Waals surface area contributed by atoms with Crippen LogP contribution in [0.4, 0.5) is 5.82 Å². The van der Waals surface area contributed by atoms with E-state index in [2.05, 4.69) is 15.3 Å². The lowest BCUT2D eigenvalue weighted by molar-refractivity contribution is -0.255. The number of fused-ring (bicyclic) bond motifs is 1. The summed E-state index contributed by atoms with van der Waals surface area (Å²) in [6.07, 6.45) is 2.26. The van der Waals surface area contributed by atoms with Crippen LogP contribution in [-0.4, -0.2) is 36.2 Å². The molecule has 0 bridgehead atoms. The maximum atomic E-state index is 10.8. The first-order valence-corrected chi connectivity index (χ1v) is 5.91. The van der Waals surface area contributed by atoms with Gasteiger partial charge in [0.25, 0.3) is 0 Å². The van der Waals surface area contributed by atoms with Crippen molar-refractivity contribution in [2.75, 3.05) is 25.6 Å². The summed E-state index contributed by atoms with van der Waals surface area (Å²) in [6, 6.07) is 4.65. The fourth-order valence-corrected chi connectivity index (χ4v) is 1.75. The second-order valence-electron chi connectivity index (χ2n) is 4.01. The molecule has 2 aromatic rings. The third-order valence-electron chi connectivity index (χ3n) is 2.69. The Morgan fingerprint density at radius 1 is 1.42 bits per heavy atom. The van der Waals surface area contributed by atoms with Crippen LogP contribution >= 0.6 is 0 Å². The predicted molar refractivity (Wildman–Crippen MR) is 68.9 cm³/mol. The molecular weight excluding hydrogens is 246 g/mol. The second kappa shape index (κ2) is 6.10. The van der Waals surface area contributed by atoms with Crippen molar-refractivity contribution in [1.29, 1.82) is 0 Å². The largest absolute Gasteiger partial charge is 0.545 e. The van der Waals surface area contributed by atoms with Crippen molar-refractivity contribution in [3.05, 3.63) is 30.1 Å². The summed E-state index contributed by atoms with van der Waals surface area (Å²) in [6.45, 7) is 1.40. The van der Waals surface area contributed by atoms with Gasteiger partial charge in [-0.15, -0.1) is 0 Å².